The van der Waals surface area contributed by atoms with Gasteiger partial charge in [0.2, 0.25) is 0 Å². The molecule has 4 aromatic rings. The van der Waals surface area contributed by atoms with Crippen molar-refractivity contribution in [1.29, 1.82) is 0 Å². The molecule has 0 saturated heterocycles. The summed E-state index contributed by atoms with van der Waals surface area (Å²) in [6, 6.07) is 13.0. The third kappa shape index (κ3) is 2.30. The highest BCUT2D eigenvalue weighted by molar-refractivity contribution is 9.11. The first kappa shape index (κ1) is 16.1. The van der Waals surface area contributed by atoms with E-state index in [4.69, 9.17) is 0 Å². The van der Waals surface area contributed by atoms with Gasteiger partial charge in [0.1, 0.15) is 0 Å². The maximum absolute atomic E-state index is 3.68. The monoisotopic (exact) mass is 548 g/mol. The van der Waals surface area contributed by atoms with Crippen molar-refractivity contribution in [3.8, 4) is 0 Å². The summed E-state index contributed by atoms with van der Waals surface area (Å²) in [5.41, 5.74) is 0. The van der Waals surface area contributed by atoms with E-state index in [0.29, 0.717) is 0 Å². The van der Waals surface area contributed by atoms with Crippen LogP contribution < -0.4 is 0 Å². The van der Waals surface area contributed by atoms with Crippen molar-refractivity contribution in [2.45, 2.75) is 0 Å². The topological polar surface area (TPSA) is 0 Å². The van der Waals surface area contributed by atoms with Gasteiger partial charge in [0.25, 0.3) is 0 Å². The lowest BCUT2D eigenvalue weighted by atomic mass is 9.94. The Morgan fingerprint density at radius 2 is 0.714 bits per heavy atom. The molecular formula is C16H9Br4P. The minimum Gasteiger partial charge on any atom is -0.153 e. The van der Waals surface area contributed by atoms with Crippen LogP contribution >= 0.6 is 73.6 Å². The lowest BCUT2D eigenvalue weighted by Gasteiger charge is -2.15. The van der Waals surface area contributed by atoms with Gasteiger partial charge in [0.15, 0.2) is 0 Å². The maximum atomic E-state index is 3.68. The van der Waals surface area contributed by atoms with Crippen LogP contribution in [0.25, 0.3) is 32.3 Å². The van der Waals surface area contributed by atoms with Gasteiger partial charge in [-0.15, -0.1) is 0 Å². The Morgan fingerprint density at radius 3 is 0.952 bits per heavy atom. The standard InChI is InChI=1S/C16H6Br4.H3P/c17-11-5-13(19)9-3-4-10-14(20)6-12(18)8-2-1-7(11)15(9)16(8)10;/h1-6H;1H3. The Balaban J connectivity index is 0.00000132. The van der Waals surface area contributed by atoms with E-state index in [0.717, 1.165) is 17.9 Å². The molecule has 1 atom stereocenters. The van der Waals surface area contributed by atoms with Gasteiger partial charge in [0.05, 0.1) is 0 Å². The van der Waals surface area contributed by atoms with Crippen LogP contribution in [-0.2, 0) is 0 Å². The van der Waals surface area contributed by atoms with Crippen molar-refractivity contribution in [2.24, 2.45) is 0 Å². The molecule has 4 aromatic carbocycles. The molecule has 0 fully saturated rings. The predicted molar refractivity (Wildman–Crippen MR) is 112 cm³/mol. The van der Waals surface area contributed by atoms with Crippen molar-refractivity contribution in [3.63, 3.8) is 0 Å². The first-order valence-corrected chi connectivity index (χ1v) is 9.15. The number of halogens is 4. The molecule has 4 rings (SSSR count). The Morgan fingerprint density at radius 1 is 0.476 bits per heavy atom. The van der Waals surface area contributed by atoms with Gasteiger partial charge >= 0.3 is 0 Å². The highest BCUT2D eigenvalue weighted by Gasteiger charge is 2.15. The molecule has 0 saturated carbocycles. The second kappa shape index (κ2) is 5.72. The van der Waals surface area contributed by atoms with Crippen LogP contribution in [0.15, 0.2) is 54.3 Å². The van der Waals surface area contributed by atoms with E-state index >= 15 is 0 Å². The molecule has 0 spiro atoms. The molecular weight excluding hydrogens is 543 g/mol. The first-order valence-electron chi connectivity index (χ1n) is 5.98. The van der Waals surface area contributed by atoms with Crippen LogP contribution in [0.5, 0.6) is 0 Å². The van der Waals surface area contributed by atoms with Crippen molar-refractivity contribution in [3.05, 3.63) is 54.3 Å². The number of hydrogen-bond acceptors (Lipinski definition) is 0. The van der Waals surface area contributed by atoms with Crippen LogP contribution in [0, 0.1) is 0 Å². The van der Waals surface area contributed by atoms with E-state index in [9.17, 15) is 0 Å². The van der Waals surface area contributed by atoms with Crippen molar-refractivity contribution in [2.75, 3.05) is 0 Å². The van der Waals surface area contributed by atoms with Gasteiger partial charge < -0.3 is 0 Å². The van der Waals surface area contributed by atoms with Gasteiger partial charge in [-0.3, -0.25) is 0 Å². The molecule has 5 heteroatoms. The van der Waals surface area contributed by atoms with Crippen molar-refractivity contribution in [1.82, 2.24) is 0 Å². The maximum Gasteiger partial charge on any atom is 0.0265 e. The quantitative estimate of drug-likeness (QED) is 0.155. The number of hydrogen-bond donors (Lipinski definition) is 0. The minimum absolute atomic E-state index is 0. The molecule has 0 radical (unpaired) electrons. The summed E-state index contributed by atoms with van der Waals surface area (Å²) in [4.78, 5) is 0. The number of rotatable bonds is 0. The molecule has 0 N–H and O–H groups in total. The third-order valence-electron chi connectivity index (χ3n) is 3.70. The third-order valence-corrected chi connectivity index (χ3v) is 6.32. The molecule has 0 aliphatic rings. The van der Waals surface area contributed by atoms with E-state index in [2.05, 4.69) is 100 Å². The first-order chi connectivity index (χ1) is 9.58. The lowest BCUT2D eigenvalue weighted by molar-refractivity contribution is 1.68. The van der Waals surface area contributed by atoms with Gasteiger partial charge in [-0.05, 0) is 44.5 Å². The minimum atomic E-state index is 0. The van der Waals surface area contributed by atoms with Crippen LogP contribution in [0.3, 0.4) is 0 Å². The van der Waals surface area contributed by atoms with Crippen LogP contribution in [0.1, 0.15) is 0 Å². The molecule has 0 aliphatic heterocycles. The molecule has 1 unspecified atom stereocenters. The lowest BCUT2D eigenvalue weighted by Crippen LogP contribution is -1.87. The average molecular weight is 552 g/mol. The van der Waals surface area contributed by atoms with Crippen molar-refractivity contribution >= 4 is 106 Å². The second-order valence-electron chi connectivity index (χ2n) is 4.75. The zero-order valence-corrected chi connectivity index (χ0v) is 18.4. The largest absolute Gasteiger partial charge is 0.153 e. The zero-order valence-electron chi connectivity index (χ0n) is 10.7. The van der Waals surface area contributed by atoms with E-state index < -0.39 is 0 Å². The van der Waals surface area contributed by atoms with Gasteiger partial charge in [0, 0.05) is 17.9 Å². The smallest absolute Gasteiger partial charge is 0.0265 e. The highest BCUT2D eigenvalue weighted by atomic mass is 79.9. The fraction of sp³-hybridized carbons (Fsp3) is 0. The average Bonchev–Trinajstić information content (AvgIpc) is 2.42. The summed E-state index contributed by atoms with van der Waals surface area (Å²) < 4.78 is 4.45. The van der Waals surface area contributed by atoms with Crippen LogP contribution in [0.4, 0.5) is 0 Å². The van der Waals surface area contributed by atoms with Crippen molar-refractivity contribution < 1.29 is 0 Å². The molecule has 0 aromatic heterocycles. The molecule has 0 heterocycles. The Hall–Kier alpha value is 0.270. The van der Waals surface area contributed by atoms with Gasteiger partial charge in [-0.1, -0.05) is 88.0 Å². The molecule has 0 amide bonds. The zero-order chi connectivity index (χ0) is 14.0. The molecule has 0 bridgehead atoms. The van der Waals surface area contributed by atoms with Gasteiger partial charge in [-0.2, -0.15) is 9.90 Å². The normalized spacial score (nSPS) is 11.4. The van der Waals surface area contributed by atoms with Gasteiger partial charge in [-0.25, -0.2) is 0 Å². The molecule has 0 aliphatic carbocycles. The summed E-state index contributed by atoms with van der Waals surface area (Å²) in [6.07, 6.45) is 0. The van der Waals surface area contributed by atoms with Crippen LogP contribution in [0.2, 0.25) is 0 Å². The van der Waals surface area contributed by atoms with E-state index in [1.807, 2.05) is 0 Å². The fourth-order valence-electron chi connectivity index (χ4n) is 2.83. The van der Waals surface area contributed by atoms with E-state index in [-0.39, 0.29) is 9.90 Å². The molecule has 0 nitrogen and oxygen atoms in total. The Kier molecular flexibility index (Phi) is 4.40. The molecule has 106 valence electrons. The second-order valence-corrected chi connectivity index (χ2v) is 8.17. The van der Waals surface area contributed by atoms with E-state index in [1.165, 1.54) is 32.3 Å². The number of benzene rings is 4. The summed E-state index contributed by atoms with van der Waals surface area (Å²) in [5.74, 6) is 0. The summed E-state index contributed by atoms with van der Waals surface area (Å²) in [5, 5.41) is 7.56. The summed E-state index contributed by atoms with van der Waals surface area (Å²) in [6.45, 7) is 0. The SMILES string of the molecule is Brc1cc(Br)c2ccc3c(Br)cc(Br)c4ccc1c2c43.P. The van der Waals surface area contributed by atoms with E-state index in [1.54, 1.807) is 0 Å². The Labute approximate surface area is 159 Å². The summed E-state index contributed by atoms with van der Waals surface area (Å²) >= 11 is 14.7. The highest BCUT2D eigenvalue weighted by Crippen LogP contribution is 2.44. The predicted octanol–water partition coefficient (Wildman–Crippen LogP) is 7.69. The fourth-order valence-corrected chi connectivity index (χ4v) is 5.68. The van der Waals surface area contributed by atoms with Crippen LogP contribution in [-0.4, -0.2) is 0 Å². The summed E-state index contributed by atoms with van der Waals surface area (Å²) in [7, 11) is 0. The Bertz CT molecular complexity index is 840. The molecule has 21 heavy (non-hydrogen) atoms.